The summed E-state index contributed by atoms with van der Waals surface area (Å²) in [6, 6.07) is 14.0. The number of nitrogens with zero attached hydrogens (tertiary/aromatic N) is 2. The van der Waals surface area contributed by atoms with Crippen molar-refractivity contribution in [1.82, 2.24) is 9.97 Å². The van der Waals surface area contributed by atoms with Crippen molar-refractivity contribution in [3.63, 3.8) is 0 Å². The summed E-state index contributed by atoms with van der Waals surface area (Å²) in [5.41, 5.74) is 1.87. The Balaban J connectivity index is 1.87. The predicted molar refractivity (Wildman–Crippen MR) is 111 cm³/mol. The SMILES string of the molecule is Cc1cccc(CS(=O)(=O)c2ncc(Cl)c(C(=O)Nc3ccc(Br)cc3)n2)c1. The van der Waals surface area contributed by atoms with Gasteiger partial charge in [-0.25, -0.2) is 18.4 Å². The van der Waals surface area contributed by atoms with Crippen LogP contribution in [0.25, 0.3) is 0 Å². The maximum Gasteiger partial charge on any atom is 0.275 e. The highest BCUT2D eigenvalue weighted by Crippen LogP contribution is 2.20. The summed E-state index contributed by atoms with van der Waals surface area (Å²) in [7, 11) is -3.85. The average Bonchev–Trinajstić information content (AvgIpc) is 2.63. The first-order valence-electron chi connectivity index (χ1n) is 8.12. The molecule has 0 aliphatic rings. The molecule has 3 aromatic rings. The zero-order valence-corrected chi connectivity index (χ0v) is 17.8. The monoisotopic (exact) mass is 479 g/mol. The highest BCUT2D eigenvalue weighted by atomic mass is 79.9. The smallest absolute Gasteiger partial charge is 0.275 e. The Morgan fingerprint density at radius 2 is 1.89 bits per heavy atom. The second kappa shape index (κ2) is 8.38. The Morgan fingerprint density at radius 3 is 2.57 bits per heavy atom. The maximum atomic E-state index is 12.7. The number of hydrogen-bond donors (Lipinski definition) is 1. The van der Waals surface area contributed by atoms with Crippen molar-refractivity contribution < 1.29 is 13.2 Å². The Kier molecular flexibility index (Phi) is 6.12. The zero-order valence-electron chi connectivity index (χ0n) is 14.7. The lowest BCUT2D eigenvalue weighted by atomic mass is 10.2. The molecule has 0 atom stereocenters. The second-order valence-corrected chi connectivity index (χ2v) is 9.26. The van der Waals surface area contributed by atoms with Crippen molar-refractivity contribution in [3.8, 4) is 0 Å². The molecule has 0 unspecified atom stereocenters. The van der Waals surface area contributed by atoms with Crippen LogP contribution in [0.4, 0.5) is 5.69 Å². The van der Waals surface area contributed by atoms with Gasteiger partial charge < -0.3 is 5.32 Å². The molecule has 0 spiro atoms. The van der Waals surface area contributed by atoms with E-state index < -0.39 is 20.9 Å². The van der Waals surface area contributed by atoms with Crippen molar-refractivity contribution in [3.05, 3.63) is 81.0 Å². The molecule has 1 amide bonds. The van der Waals surface area contributed by atoms with Crippen molar-refractivity contribution >= 4 is 49.0 Å². The summed E-state index contributed by atoms with van der Waals surface area (Å²) < 4.78 is 26.2. The summed E-state index contributed by atoms with van der Waals surface area (Å²) in [4.78, 5) is 20.2. The van der Waals surface area contributed by atoms with E-state index in [1.807, 2.05) is 13.0 Å². The molecule has 1 N–H and O–H groups in total. The normalized spacial score (nSPS) is 11.2. The largest absolute Gasteiger partial charge is 0.321 e. The first-order chi connectivity index (χ1) is 13.2. The maximum absolute atomic E-state index is 12.7. The first-order valence-corrected chi connectivity index (χ1v) is 10.9. The fraction of sp³-hybridized carbons (Fsp3) is 0.105. The van der Waals surface area contributed by atoms with Crippen LogP contribution in [-0.4, -0.2) is 24.3 Å². The van der Waals surface area contributed by atoms with Gasteiger partial charge in [-0.1, -0.05) is 57.4 Å². The number of aromatic nitrogens is 2. The predicted octanol–water partition coefficient (Wildman–Crippen LogP) is 4.43. The number of aryl methyl sites for hydroxylation is 1. The molecule has 2 aromatic carbocycles. The number of anilines is 1. The highest BCUT2D eigenvalue weighted by Gasteiger charge is 2.23. The number of carbonyl (C=O) groups is 1. The molecule has 0 bridgehead atoms. The van der Waals surface area contributed by atoms with Gasteiger partial charge in [-0.05, 0) is 36.8 Å². The van der Waals surface area contributed by atoms with Gasteiger partial charge in [0.15, 0.2) is 5.69 Å². The molecule has 144 valence electrons. The summed E-state index contributed by atoms with van der Waals surface area (Å²) in [6.45, 7) is 1.87. The molecule has 6 nitrogen and oxygen atoms in total. The number of hydrogen-bond acceptors (Lipinski definition) is 5. The van der Waals surface area contributed by atoms with Crippen molar-refractivity contribution in [2.45, 2.75) is 17.8 Å². The fourth-order valence-electron chi connectivity index (χ4n) is 2.47. The topological polar surface area (TPSA) is 89.0 Å². The number of amides is 1. The molecule has 28 heavy (non-hydrogen) atoms. The summed E-state index contributed by atoms with van der Waals surface area (Å²) in [5, 5.41) is 2.15. The highest BCUT2D eigenvalue weighted by molar-refractivity contribution is 9.10. The van der Waals surface area contributed by atoms with E-state index in [2.05, 4.69) is 31.2 Å². The van der Waals surface area contributed by atoms with Crippen LogP contribution in [0.1, 0.15) is 21.6 Å². The minimum atomic E-state index is -3.85. The second-order valence-electron chi connectivity index (χ2n) is 6.06. The molecule has 0 radical (unpaired) electrons. The van der Waals surface area contributed by atoms with Crippen LogP contribution >= 0.6 is 27.5 Å². The third-order valence-corrected chi connectivity index (χ3v) is 6.03. The minimum absolute atomic E-state index is 0.0379. The lowest BCUT2D eigenvalue weighted by Gasteiger charge is -2.08. The van der Waals surface area contributed by atoms with Crippen LogP contribution in [-0.2, 0) is 15.6 Å². The van der Waals surface area contributed by atoms with E-state index in [4.69, 9.17) is 11.6 Å². The van der Waals surface area contributed by atoms with E-state index in [0.717, 1.165) is 16.2 Å². The summed E-state index contributed by atoms with van der Waals surface area (Å²) >= 11 is 9.34. The molecule has 3 rings (SSSR count). The van der Waals surface area contributed by atoms with Crippen molar-refractivity contribution in [2.24, 2.45) is 0 Å². The number of nitrogens with one attached hydrogen (secondary N) is 1. The zero-order chi connectivity index (χ0) is 20.3. The Hall–Kier alpha value is -2.29. The number of rotatable bonds is 5. The summed E-state index contributed by atoms with van der Waals surface area (Å²) in [5.74, 6) is -0.897. The quantitative estimate of drug-likeness (QED) is 0.546. The van der Waals surface area contributed by atoms with Crippen LogP contribution < -0.4 is 5.32 Å². The van der Waals surface area contributed by atoms with E-state index in [1.54, 1.807) is 42.5 Å². The molecular weight excluding hydrogens is 466 g/mol. The summed E-state index contributed by atoms with van der Waals surface area (Å²) in [6.07, 6.45) is 1.12. The standard InChI is InChI=1S/C19H15BrClN3O3S/c1-12-3-2-4-13(9-12)11-28(26,27)19-22-10-16(21)17(24-19)18(25)23-15-7-5-14(20)6-8-15/h2-10H,11H2,1H3,(H,23,25). The Morgan fingerprint density at radius 1 is 1.18 bits per heavy atom. The van der Waals surface area contributed by atoms with Crippen molar-refractivity contribution in [1.29, 1.82) is 0 Å². The van der Waals surface area contributed by atoms with Crippen LogP contribution in [0.2, 0.25) is 5.02 Å². The van der Waals surface area contributed by atoms with Crippen LogP contribution in [0, 0.1) is 6.92 Å². The Bertz CT molecular complexity index is 1140. The van der Waals surface area contributed by atoms with E-state index >= 15 is 0 Å². The molecule has 1 aromatic heterocycles. The van der Waals surface area contributed by atoms with E-state index in [0.29, 0.717) is 11.3 Å². The van der Waals surface area contributed by atoms with Gasteiger partial charge in [0.05, 0.1) is 17.0 Å². The van der Waals surface area contributed by atoms with Crippen molar-refractivity contribution in [2.75, 3.05) is 5.32 Å². The van der Waals surface area contributed by atoms with Gasteiger partial charge in [0, 0.05) is 10.2 Å². The lowest BCUT2D eigenvalue weighted by molar-refractivity contribution is 0.102. The van der Waals surface area contributed by atoms with Gasteiger partial charge >= 0.3 is 0 Å². The number of halogens is 2. The third-order valence-electron chi connectivity index (χ3n) is 3.76. The molecule has 0 fully saturated rings. The molecule has 0 saturated heterocycles. The number of benzene rings is 2. The molecule has 1 heterocycles. The van der Waals surface area contributed by atoms with Gasteiger partial charge in [-0.3, -0.25) is 4.79 Å². The van der Waals surface area contributed by atoms with Gasteiger partial charge in [-0.2, -0.15) is 0 Å². The first kappa shape index (κ1) is 20.4. The van der Waals surface area contributed by atoms with Crippen LogP contribution in [0.15, 0.2) is 64.4 Å². The molecule has 0 saturated carbocycles. The number of sulfone groups is 1. The molecule has 0 aliphatic heterocycles. The fourth-order valence-corrected chi connectivity index (χ4v) is 4.10. The molecular formula is C19H15BrClN3O3S. The van der Waals surface area contributed by atoms with Crippen LogP contribution in [0.5, 0.6) is 0 Å². The van der Waals surface area contributed by atoms with Gasteiger partial charge in [0.1, 0.15) is 0 Å². The van der Waals surface area contributed by atoms with E-state index in [1.165, 1.54) is 0 Å². The van der Waals surface area contributed by atoms with E-state index in [9.17, 15) is 13.2 Å². The molecule has 0 aliphatic carbocycles. The molecule has 9 heteroatoms. The Labute approximate surface area is 176 Å². The third kappa shape index (κ3) is 4.95. The lowest BCUT2D eigenvalue weighted by Crippen LogP contribution is -2.18. The van der Waals surface area contributed by atoms with Gasteiger partial charge in [-0.15, -0.1) is 0 Å². The van der Waals surface area contributed by atoms with Gasteiger partial charge in [0.25, 0.3) is 5.91 Å². The van der Waals surface area contributed by atoms with E-state index in [-0.39, 0.29) is 16.5 Å². The average molecular weight is 481 g/mol. The van der Waals surface area contributed by atoms with Crippen LogP contribution in [0.3, 0.4) is 0 Å². The minimum Gasteiger partial charge on any atom is -0.321 e. The van der Waals surface area contributed by atoms with Gasteiger partial charge in [0.2, 0.25) is 15.0 Å². The number of carbonyl (C=O) groups excluding carboxylic acids is 1.